The molecule has 2 aromatic heterocycles. The van der Waals surface area contributed by atoms with Gasteiger partial charge in [0.2, 0.25) is 0 Å². The summed E-state index contributed by atoms with van der Waals surface area (Å²) in [5.41, 5.74) is 1.97. The minimum atomic E-state index is -0.939. The van der Waals surface area contributed by atoms with Crippen molar-refractivity contribution in [1.82, 2.24) is 9.38 Å². The molecule has 2 heterocycles. The van der Waals surface area contributed by atoms with E-state index in [9.17, 15) is 4.79 Å². The largest absolute Gasteiger partial charge is 0.478 e. The molecule has 0 amide bonds. The molecule has 3 rings (SSSR count). The predicted molar refractivity (Wildman–Crippen MR) is 67.2 cm³/mol. The number of carboxylic acids is 1. The van der Waals surface area contributed by atoms with E-state index in [0.717, 1.165) is 26.8 Å². The maximum Gasteiger partial charge on any atom is 0.328 e. The Morgan fingerprint density at radius 1 is 1.47 bits per heavy atom. The summed E-state index contributed by atoms with van der Waals surface area (Å²) in [7, 11) is 0. The molecule has 0 saturated carbocycles. The second-order valence-electron chi connectivity index (χ2n) is 3.58. The minimum absolute atomic E-state index is 0.879. The van der Waals surface area contributed by atoms with E-state index in [-0.39, 0.29) is 0 Å². The maximum absolute atomic E-state index is 10.4. The molecule has 5 heteroatoms. The van der Waals surface area contributed by atoms with Gasteiger partial charge in [-0.05, 0) is 23.8 Å². The van der Waals surface area contributed by atoms with E-state index < -0.39 is 5.97 Å². The molecule has 0 spiro atoms. The van der Waals surface area contributed by atoms with Crippen LogP contribution in [0, 0.1) is 0 Å². The fourth-order valence-corrected chi connectivity index (χ4v) is 2.76. The SMILES string of the molecule is O=C(O)/C=C/c1ccc2c(c1)sc1nccn12. The van der Waals surface area contributed by atoms with Gasteiger partial charge in [-0.2, -0.15) is 0 Å². The summed E-state index contributed by atoms with van der Waals surface area (Å²) in [5, 5.41) is 8.57. The molecule has 3 aromatic rings. The van der Waals surface area contributed by atoms with Crippen LogP contribution < -0.4 is 0 Å². The van der Waals surface area contributed by atoms with E-state index in [1.54, 1.807) is 23.6 Å². The second kappa shape index (κ2) is 3.71. The predicted octanol–water partition coefficient (Wildman–Crippen LogP) is 2.65. The van der Waals surface area contributed by atoms with Gasteiger partial charge in [0.1, 0.15) is 0 Å². The van der Waals surface area contributed by atoms with Crippen LogP contribution in [-0.2, 0) is 4.79 Å². The van der Waals surface area contributed by atoms with Crippen molar-refractivity contribution in [2.45, 2.75) is 0 Å². The molecule has 0 aliphatic carbocycles. The summed E-state index contributed by atoms with van der Waals surface area (Å²) in [6.07, 6.45) is 6.41. The van der Waals surface area contributed by atoms with Crippen molar-refractivity contribution < 1.29 is 9.90 Å². The molecule has 17 heavy (non-hydrogen) atoms. The van der Waals surface area contributed by atoms with Gasteiger partial charge in [-0.3, -0.25) is 4.40 Å². The Hall–Kier alpha value is -2.14. The van der Waals surface area contributed by atoms with Gasteiger partial charge in [0.15, 0.2) is 4.96 Å². The number of nitrogens with zero attached hydrogens (tertiary/aromatic N) is 2. The minimum Gasteiger partial charge on any atom is -0.478 e. The molecule has 84 valence electrons. The molecule has 0 bridgehead atoms. The van der Waals surface area contributed by atoms with Crippen LogP contribution in [0.5, 0.6) is 0 Å². The molecule has 1 aromatic carbocycles. The van der Waals surface area contributed by atoms with Crippen LogP contribution in [-0.4, -0.2) is 20.5 Å². The van der Waals surface area contributed by atoms with Gasteiger partial charge in [-0.15, -0.1) is 0 Å². The quantitative estimate of drug-likeness (QED) is 0.705. The van der Waals surface area contributed by atoms with E-state index in [2.05, 4.69) is 4.98 Å². The molecule has 0 unspecified atom stereocenters. The number of aromatic nitrogens is 2. The summed E-state index contributed by atoms with van der Waals surface area (Å²) < 4.78 is 3.12. The smallest absolute Gasteiger partial charge is 0.328 e. The van der Waals surface area contributed by atoms with Crippen LogP contribution in [0.3, 0.4) is 0 Å². The molecule has 1 N–H and O–H groups in total. The number of carboxylic acid groups (broad SMARTS) is 1. The van der Waals surface area contributed by atoms with E-state index in [1.165, 1.54) is 0 Å². The number of hydrogen-bond acceptors (Lipinski definition) is 3. The van der Waals surface area contributed by atoms with E-state index in [1.807, 2.05) is 28.8 Å². The lowest BCUT2D eigenvalue weighted by Crippen LogP contribution is -1.85. The number of thiazole rings is 1. The Morgan fingerprint density at radius 3 is 3.18 bits per heavy atom. The van der Waals surface area contributed by atoms with E-state index in [0.29, 0.717) is 0 Å². The highest BCUT2D eigenvalue weighted by Gasteiger charge is 2.04. The first-order chi connectivity index (χ1) is 8.24. The molecule has 0 fully saturated rings. The van der Waals surface area contributed by atoms with Crippen molar-refractivity contribution >= 4 is 38.6 Å². The number of imidazole rings is 1. The zero-order valence-corrected chi connectivity index (χ0v) is 9.52. The van der Waals surface area contributed by atoms with Crippen molar-refractivity contribution in [3.63, 3.8) is 0 Å². The van der Waals surface area contributed by atoms with Crippen molar-refractivity contribution in [1.29, 1.82) is 0 Å². The summed E-state index contributed by atoms with van der Waals surface area (Å²) in [4.78, 5) is 15.6. The lowest BCUT2D eigenvalue weighted by Gasteiger charge is -1.94. The number of benzene rings is 1. The number of aliphatic carboxylic acids is 1. The van der Waals surface area contributed by atoms with Gasteiger partial charge in [0, 0.05) is 18.5 Å². The van der Waals surface area contributed by atoms with Crippen LogP contribution >= 0.6 is 11.3 Å². The first-order valence-electron chi connectivity index (χ1n) is 5.01. The monoisotopic (exact) mass is 244 g/mol. The van der Waals surface area contributed by atoms with Gasteiger partial charge in [0.05, 0.1) is 10.2 Å². The zero-order valence-electron chi connectivity index (χ0n) is 8.70. The molecule has 0 aliphatic rings. The Kier molecular flexibility index (Phi) is 2.19. The molecule has 4 nitrogen and oxygen atoms in total. The fraction of sp³-hybridized carbons (Fsp3) is 0. The Balaban J connectivity index is 2.15. The normalized spacial score (nSPS) is 11.8. The average Bonchev–Trinajstić information content (AvgIpc) is 2.85. The highest BCUT2D eigenvalue weighted by molar-refractivity contribution is 7.23. The van der Waals surface area contributed by atoms with Gasteiger partial charge < -0.3 is 5.11 Å². The molecule has 0 aliphatic heterocycles. The average molecular weight is 244 g/mol. The van der Waals surface area contributed by atoms with Crippen LogP contribution in [0.2, 0.25) is 0 Å². The lowest BCUT2D eigenvalue weighted by atomic mass is 10.2. The Bertz CT molecular complexity index is 739. The summed E-state index contributed by atoms with van der Waals surface area (Å²) >= 11 is 1.59. The van der Waals surface area contributed by atoms with E-state index >= 15 is 0 Å². The highest BCUT2D eigenvalue weighted by atomic mass is 32.1. The molecular formula is C12H8N2O2S. The summed E-state index contributed by atoms with van der Waals surface area (Å²) in [6.45, 7) is 0. The van der Waals surface area contributed by atoms with Crippen molar-refractivity contribution in [2.75, 3.05) is 0 Å². The summed E-state index contributed by atoms with van der Waals surface area (Å²) in [6, 6.07) is 5.84. The van der Waals surface area contributed by atoms with Crippen LogP contribution in [0.4, 0.5) is 0 Å². The van der Waals surface area contributed by atoms with Crippen molar-refractivity contribution in [3.8, 4) is 0 Å². The first-order valence-corrected chi connectivity index (χ1v) is 5.82. The molecule has 0 radical (unpaired) electrons. The number of hydrogen-bond donors (Lipinski definition) is 1. The zero-order chi connectivity index (χ0) is 11.8. The van der Waals surface area contributed by atoms with Gasteiger partial charge in [-0.1, -0.05) is 17.4 Å². The van der Waals surface area contributed by atoms with Gasteiger partial charge >= 0.3 is 5.97 Å². The summed E-state index contributed by atoms with van der Waals surface area (Å²) in [5.74, 6) is -0.939. The molecule has 0 saturated heterocycles. The van der Waals surface area contributed by atoms with Crippen LogP contribution in [0.1, 0.15) is 5.56 Å². The Labute approximate surface area is 100 Å². The standard InChI is InChI=1S/C12H8N2O2S/c15-11(16)4-2-8-1-3-9-10(7-8)17-12-13-5-6-14(9)12/h1-7H,(H,15,16)/b4-2+. The fourth-order valence-electron chi connectivity index (χ4n) is 1.73. The van der Waals surface area contributed by atoms with Crippen LogP contribution in [0.25, 0.3) is 21.3 Å². The molecular weight excluding hydrogens is 236 g/mol. The number of rotatable bonds is 2. The van der Waals surface area contributed by atoms with Gasteiger partial charge in [0.25, 0.3) is 0 Å². The third-order valence-corrected chi connectivity index (χ3v) is 3.50. The topological polar surface area (TPSA) is 54.6 Å². The van der Waals surface area contributed by atoms with E-state index in [4.69, 9.17) is 5.11 Å². The number of fused-ring (bicyclic) bond motifs is 3. The highest BCUT2D eigenvalue weighted by Crippen LogP contribution is 2.26. The Morgan fingerprint density at radius 2 is 2.35 bits per heavy atom. The third-order valence-electron chi connectivity index (χ3n) is 2.47. The second-order valence-corrected chi connectivity index (χ2v) is 4.59. The lowest BCUT2D eigenvalue weighted by molar-refractivity contribution is -0.131. The van der Waals surface area contributed by atoms with Crippen molar-refractivity contribution in [2.24, 2.45) is 0 Å². The first kappa shape index (κ1) is 10.0. The van der Waals surface area contributed by atoms with Crippen molar-refractivity contribution in [3.05, 3.63) is 42.2 Å². The molecule has 0 atom stereocenters. The van der Waals surface area contributed by atoms with Gasteiger partial charge in [-0.25, -0.2) is 9.78 Å². The number of carbonyl (C=O) groups is 1. The maximum atomic E-state index is 10.4. The third kappa shape index (κ3) is 1.70. The van der Waals surface area contributed by atoms with Crippen LogP contribution in [0.15, 0.2) is 36.7 Å².